The second-order valence-electron chi connectivity index (χ2n) is 3.38. The molecule has 0 amide bonds. The summed E-state index contributed by atoms with van der Waals surface area (Å²) in [5, 5.41) is 0. The van der Waals surface area contributed by atoms with E-state index in [2.05, 4.69) is 18.8 Å². The van der Waals surface area contributed by atoms with E-state index in [-0.39, 0.29) is 0 Å². The van der Waals surface area contributed by atoms with E-state index in [0.29, 0.717) is 5.92 Å². The highest BCUT2D eigenvalue weighted by Gasteiger charge is 2.09. The number of aromatic nitrogens is 1. The van der Waals surface area contributed by atoms with Gasteiger partial charge in [0.2, 0.25) is 0 Å². The number of pyridine rings is 1. The van der Waals surface area contributed by atoms with E-state index in [1.807, 2.05) is 19.2 Å². The van der Waals surface area contributed by atoms with Crippen LogP contribution in [0.4, 0.5) is 0 Å². The van der Waals surface area contributed by atoms with Gasteiger partial charge in [0, 0.05) is 23.5 Å². The molecule has 0 aromatic carbocycles. The number of nitrogens with zero attached hydrogens (tertiary/aromatic N) is 1. The predicted molar refractivity (Wildman–Crippen MR) is 54.2 cm³/mol. The van der Waals surface area contributed by atoms with Crippen LogP contribution >= 0.6 is 0 Å². The quantitative estimate of drug-likeness (QED) is 0.711. The van der Waals surface area contributed by atoms with Crippen LogP contribution in [0.1, 0.15) is 37.4 Å². The second kappa shape index (κ2) is 4.26. The molecule has 0 bridgehead atoms. The van der Waals surface area contributed by atoms with E-state index in [4.69, 9.17) is 4.74 Å². The van der Waals surface area contributed by atoms with E-state index in [1.54, 1.807) is 7.11 Å². The molecule has 0 aliphatic heterocycles. The molecule has 2 heteroatoms. The molecule has 0 radical (unpaired) electrons. The molecule has 0 spiro atoms. The van der Waals surface area contributed by atoms with Gasteiger partial charge in [0.1, 0.15) is 5.75 Å². The molecule has 1 aromatic heterocycles. The lowest BCUT2D eigenvalue weighted by Crippen LogP contribution is -1.98. The van der Waals surface area contributed by atoms with Crippen molar-refractivity contribution in [2.24, 2.45) is 0 Å². The molecule has 72 valence electrons. The smallest absolute Gasteiger partial charge is 0.125 e. The lowest BCUT2D eigenvalue weighted by molar-refractivity contribution is 0.404. The zero-order chi connectivity index (χ0) is 9.84. The molecule has 1 heterocycles. The SMILES string of the molecule is CCC(C)c1cnc(C)cc1OC. The Morgan fingerprint density at radius 1 is 1.54 bits per heavy atom. The number of methoxy groups -OCH3 is 1. The van der Waals surface area contributed by atoms with Gasteiger partial charge in [-0.1, -0.05) is 13.8 Å². The highest BCUT2D eigenvalue weighted by Crippen LogP contribution is 2.27. The van der Waals surface area contributed by atoms with E-state index in [9.17, 15) is 0 Å². The van der Waals surface area contributed by atoms with Gasteiger partial charge in [-0.05, 0) is 19.3 Å². The van der Waals surface area contributed by atoms with Crippen molar-refractivity contribution in [1.82, 2.24) is 4.98 Å². The molecule has 1 unspecified atom stereocenters. The standard InChI is InChI=1S/C11H17NO/c1-5-8(2)10-7-12-9(3)6-11(10)13-4/h6-8H,5H2,1-4H3. The molecule has 0 fully saturated rings. The van der Waals surface area contributed by atoms with Crippen LogP contribution in [-0.2, 0) is 0 Å². The molecule has 0 aliphatic carbocycles. The van der Waals surface area contributed by atoms with E-state index in [1.165, 1.54) is 5.56 Å². The molecule has 13 heavy (non-hydrogen) atoms. The maximum Gasteiger partial charge on any atom is 0.125 e. The number of rotatable bonds is 3. The Balaban J connectivity index is 3.05. The number of ether oxygens (including phenoxy) is 1. The first kappa shape index (κ1) is 10.0. The van der Waals surface area contributed by atoms with E-state index < -0.39 is 0 Å². The van der Waals surface area contributed by atoms with Crippen molar-refractivity contribution in [2.45, 2.75) is 33.1 Å². The molecule has 1 atom stereocenters. The number of hydrogen-bond acceptors (Lipinski definition) is 2. The molecule has 0 saturated heterocycles. The van der Waals surface area contributed by atoms with Gasteiger partial charge >= 0.3 is 0 Å². The molecular formula is C11H17NO. The van der Waals surface area contributed by atoms with Crippen molar-refractivity contribution in [2.75, 3.05) is 7.11 Å². The molecule has 1 aromatic rings. The third-order valence-electron chi connectivity index (χ3n) is 2.39. The monoisotopic (exact) mass is 179 g/mol. The number of hydrogen-bond donors (Lipinski definition) is 0. The minimum absolute atomic E-state index is 0.517. The fourth-order valence-corrected chi connectivity index (χ4v) is 1.31. The van der Waals surface area contributed by atoms with Gasteiger partial charge in [-0.2, -0.15) is 0 Å². The van der Waals surface area contributed by atoms with Crippen molar-refractivity contribution >= 4 is 0 Å². The van der Waals surface area contributed by atoms with Gasteiger partial charge in [0.05, 0.1) is 7.11 Å². The van der Waals surface area contributed by atoms with Crippen LogP contribution in [0.25, 0.3) is 0 Å². The third kappa shape index (κ3) is 2.20. The van der Waals surface area contributed by atoms with Crippen LogP contribution < -0.4 is 4.74 Å². The van der Waals surface area contributed by atoms with Gasteiger partial charge in [-0.3, -0.25) is 4.98 Å². The Bertz CT molecular complexity index is 283. The van der Waals surface area contributed by atoms with Gasteiger partial charge in [0.15, 0.2) is 0 Å². The first-order valence-electron chi connectivity index (χ1n) is 4.69. The maximum absolute atomic E-state index is 5.31. The van der Waals surface area contributed by atoms with Gasteiger partial charge in [-0.25, -0.2) is 0 Å². The minimum Gasteiger partial charge on any atom is -0.496 e. The Hall–Kier alpha value is -1.05. The minimum atomic E-state index is 0.517. The summed E-state index contributed by atoms with van der Waals surface area (Å²) in [4.78, 5) is 4.28. The van der Waals surface area contributed by atoms with Crippen LogP contribution in [0, 0.1) is 6.92 Å². The summed E-state index contributed by atoms with van der Waals surface area (Å²) in [6, 6.07) is 1.99. The summed E-state index contributed by atoms with van der Waals surface area (Å²) in [6.45, 7) is 6.34. The van der Waals surface area contributed by atoms with Gasteiger partial charge < -0.3 is 4.74 Å². The highest BCUT2D eigenvalue weighted by atomic mass is 16.5. The van der Waals surface area contributed by atoms with Crippen molar-refractivity contribution in [3.8, 4) is 5.75 Å². The largest absolute Gasteiger partial charge is 0.496 e. The summed E-state index contributed by atoms with van der Waals surface area (Å²) in [5.41, 5.74) is 2.21. The average molecular weight is 179 g/mol. The lowest BCUT2D eigenvalue weighted by atomic mass is 9.99. The third-order valence-corrected chi connectivity index (χ3v) is 2.39. The van der Waals surface area contributed by atoms with Crippen LogP contribution in [0.3, 0.4) is 0 Å². The molecule has 1 rings (SSSR count). The second-order valence-corrected chi connectivity index (χ2v) is 3.38. The van der Waals surface area contributed by atoms with Crippen molar-refractivity contribution in [1.29, 1.82) is 0 Å². The van der Waals surface area contributed by atoms with Gasteiger partial charge in [0.25, 0.3) is 0 Å². The Morgan fingerprint density at radius 2 is 2.23 bits per heavy atom. The Labute approximate surface area is 80.0 Å². The lowest BCUT2D eigenvalue weighted by Gasteiger charge is -2.13. The average Bonchev–Trinajstić information content (AvgIpc) is 2.16. The van der Waals surface area contributed by atoms with E-state index in [0.717, 1.165) is 17.9 Å². The molecular weight excluding hydrogens is 162 g/mol. The maximum atomic E-state index is 5.31. The fourth-order valence-electron chi connectivity index (χ4n) is 1.31. The topological polar surface area (TPSA) is 22.1 Å². The predicted octanol–water partition coefficient (Wildman–Crippen LogP) is 2.91. The van der Waals surface area contributed by atoms with E-state index >= 15 is 0 Å². The number of aryl methyl sites for hydroxylation is 1. The summed E-state index contributed by atoms with van der Waals surface area (Å²) >= 11 is 0. The van der Waals surface area contributed by atoms with Crippen LogP contribution in [-0.4, -0.2) is 12.1 Å². The molecule has 2 nitrogen and oxygen atoms in total. The zero-order valence-corrected chi connectivity index (χ0v) is 8.79. The van der Waals surface area contributed by atoms with Crippen LogP contribution in [0.15, 0.2) is 12.3 Å². The Kier molecular flexibility index (Phi) is 3.29. The molecule has 0 N–H and O–H groups in total. The highest BCUT2D eigenvalue weighted by molar-refractivity contribution is 5.35. The summed E-state index contributed by atoms with van der Waals surface area (Å²) in [7, 11) is 1.71. The first-order chi connectivity index (χ1) is 6.19. The van der Waals surface area contributed by atoms with Crippen molar-refractivity contribution in [3.05, 3.63) is 23.5 Å². The van der Waals surface area contributed by atoms with Gasteiger partial charge in [-0.15, -0.1) is 0 Å². The summed E-state index contributed by atoms with van der Waals surface area (Å²) in [6.07, 6.45) is 3.03. The summed E-state index contributed by atoms with van der Waals surface area (Å²) in [5.74, 6) is 1.48. The van der Waals surface area contributed by atoms with Crippen molar-refractivity contribution < 1.29 is 4.74 Å². The fraction of sp³-hybridized carbons (Fsp3) is 0.545. The van der Waals surface area contributed by atoms with Crippen LogP contribution in [0.5, 0.6) is 5.75 Å². The summed E-state index contributed by atoms with van der Waals surface area (Å²) < 4.78 is 5.31. The zero-order valence-electron chi connectivity index (χ0n) is 8.79. The Morgan fingerprint density at radius 3 is 2.77 bits per heavy atom. The van der Waals surface area contributed by atoms with Crippen molar-refractivity contribution in [3.63, 3.8) is 0 Å². The van der Waals surface area contributed by atoms with Crippen LogP contribution in [0.2, 0.25) is 0 Å². The normalized spacial score (nSPS) is 12.6. The molecule has 0 aliphatic rings. The first-order valence-corrected chi connectivity index (χ1v) is 4.69. The molecule has 0 saturated carbocycles.